The molecule has 0 fully saturated rings. The van der Waals surface area contributed by atoms with E-state index in [1.165, 1.54) is 6.08 Å². The van der Waals surface area contributed by atoms with E-state index < -0.39 is 11.9 Å². The molecule has 1 atom stereocenters. The third-order valence-electron chi connectivity index (χ3n) is 1.66. The molecule has 0 amide bonds. The molecule has 0 aliphatic rings. The van der Waals surface area contributed by atoms with Gasteiger partial charge in [-0.15, -0.1) is 6.58 Å². The number of aliphatic carboxylic acids is 1. The first-order chi connectivity index (χ1) is 5.75. The van der Waals surface area contributed by atoms with Crippen LogP contribution in [0.5, 0.6) is 0 Å². The standard InChI is InChI=1S/C10H10O2.Li.H/c1-2-9(10(11)12)8-6-4-3-5-7-8;;/h2-7,9H,1H2,(H,11,12);;. The second kappa shape index (κ2) is 5.64. The zero-order valence-electron chi connectivity index (χ0n) is 6.60. The van der Waals surface area contributed by atoms with Crippen LogP contribution in [0.25, 0.3) is 0 Å². The molecule has 3 heteroatoms. The average molecular weight is 170 g/mol. The summed E-state index contributed by atoms with van der Waals surface area (Å²) in [6, 6.07) is 9.04. The van der Waals surface area contributed by atoms with Crippen molar-refractivity contribution in [3.63, 3.8) is 0 Å². The molecule has 1 N–H and O–H groups in total. The van der Waals surface area contributed by atoms with E-state index in [2.05, 4.69) is 6.58 Å². The van der Waals surface area contributed by atoms with E-state index in [1.807, 2.05) is 18.2 Å². The molecule has 0 spiro atoms. The quantitative estimate of drug-likeness (QED) is 0.549. The summed E-state index contributed by atoms with van der Waals surface area (Å²) in [6.45, 7) is 3.48. The summed E-state index contributed by atoms with van der Waals surface area (Å²) in [5.74, 6) is -1.46. The number of carboxylic acid groups (broad SMARTS) is 1. The number of benzene rings is 1. The Morgan fingerprint density at radius 3 is 2.31 bits per heavy atom. The summed E-state index contributed by atoms with van der Waals surface area (Å²) in [5, 5.41) is 8.76. The molecule has 1 aromatic carbocycles. The normalized spacial score (nSPS) is 11.1. The SMILES string of the molecule is C=CC(C(=O)O)c1ccccc1.[LiH]. The maximum atomic E-state index is 10.7. The van der Waals surface area contributed by atoms with Crippen LogP contribution in [0.15, 0.2) is 43.0 Å². The van der Waals surface area contributed by atoms with Gasteiger partial charge >= 0.3 is 24.8 Å². The van der Waals surface area contributed by atoms with Crippen molar-refractivity contribution in [3.05, 3.63) is 48.6 Å². The van der Waals surface area contributed by atoms with Crippen LogP contribution in [0.4, 0.5) is 0 Å². The molecule has 0 aromatic heterocycles. The predicted octanol–water partition coefficient (Wildman–Crippen LogP) is 1.39. The van der Waals surface area contributed by atoms with E-state index in [4.69, 9.17) is 5.11 Å². The third kappa shape index (κ3) is 3.10. The van der Waals surface area contributed by atoms with Gasteiger partial charge < -0.3 is 5.11 Å². The fraction of sp³-hybridized carbons (Fsp3) is 0.100. The van der Waals surface area contributed by atoms with Crippen LogP contribution < -0.4 is 0 Å². The Balaban J connectivity index is 0.00000144. The molecule has 2 nitrogen and oxygen atoms in total. The van der Waals surface area contributed by atoms with Gasteiger partial charge in [0.1, 0.15) is 0 Å². The molecular formula is C10H11LiO2. The van der Waals surface area contributed by atoms with Crippen LogP contribution in [0.1, 0.15) is 11.5 Å². The van der Waals surface area contributed by atoms with Gasteiger partial charge in [-0.3, -0.25) is 4.79 Å². The first-order valence-corrected chi connectivity index (χ1v) is 3.66. The van der Waals surface area contributed by atoms with Crippen molar-refractivity contribution in [1.82, 2.24) is 0 Å². The number of rotatable bonds is 3. The summed E-state index contributed by atoms with van der Waals surface area (Å²) in [4.78, 5) is 10.7. The fourth-order valence-electron chi connectivity index (χ4n) is 1.04. The monoisotopic (exact) mass is 170 g/mol. The van der Waals surface area contributed by atoms with E-state index in [9.17, 15) is 4.79 Å². The van der Waals surface area contributed by atoms with Gasteiger partial charge in [-0.05, 0) is 5.56 Å². The van der Waals surface area contributed by atoms with Crippen LogP contribution >= 0.6 is 0 Å². The second-order valence-corrected chi connectivity index (χ2v) is 2.46. The minimum atomic E-state index is -0.865. The summed E-state index contributed by atoms with van der Waals surface area (Å²) in [6.07, 6.45) is 1.43. The zero-order valence-corrected chi connectivity index (χ0v) is 6.60. The van der Waals surface area contributed by atoms with Gasteiger partial charge in [-0.25, -0.2) is 0 Å². The van der Waals surface area contributed by atoms with Crippen molar-refractivity contribution in [3.8, 4) is 0 Å². The number of carboxylic acids is 1. The van der Waals surface area contributed by atoms with E-state index in [1.54, 1.807) is 12.1 Å². The van der Waals surface area contributed by atoms with Crippen molar-refractivity contribution < 1.29 is 9.90 Å². The Labute approximate surface area is 89.5 Å². The molecule has 0 heterocycles. The molecular weight excluding hydrogens is 159 g/mol. The van der Waals surface area contributed by atoms with Crippen molar-refractivity contribution in [1.29, 1.82) is 0 Å². The van der Waals surface area contributed by atoms with E-state index >= 15 is 0 Å². The van der Waals surface area contributed by atoms with Crippen LogP contribution in [0.2, 0.25) is 0 Å². The molecule has 0 bridgehead atoms. The van der Waals surface area contributed by atoms with Gasteiger partial charge in [0.2, 0.25) is 0 Å². The molecule has 1 rings (SSSR count). The predicted molar refractivity (Wildman–Crippen MR) is 54.2 cm³/mol. The van der Waals surface area contributed by atoms with Gasteiger partial charge in [-0.2, -0.15) is 0 Å². The molecule has 1 unspecified atom stereocenters. The maximum absolute atomic E-state index is 10.7. The molecule has 64 valence electrons. The Morgan fingerprint density at radius 1 is 1.38 bits per heavy atom. The summed E-state index contributed by atoms with van der Waals surface area (Å²) >= 11 is 0. The molecule has 0 radical (unpaired) electrons. The van der Waals surface area contributed by atoms with Crippen LogP contribution in [0.3, 0.4) is 0 Å². The molecule has 1 aromatic rings. The summed E-state index contributed by atoms with van der Waals surface area (Å²) in [5.41, 5.74) is 0.764. The van der Waals surface area contributed by atoms with Gasteiger partial charge in [0.25, 0.3) is 0 Å². The van der Waals surface area contributed by atoms with E-state index in [0.29, 0.717) is 0 Å². The Kier molecular flexibility index (Phi) is 5.21. The van der Waals surface area contributed by atoms with Crippen molar-refractivity contribution in [2.45, 2.75) is 5.92 Å². The first kappa shape index (κ1) is 12.0. The molecule has 0 aliphatic carbocycles. The van der Waals surface area contributed by atoms with E-state index in [0.717, 1.165) is 5.56 Å². The van der Waals surface area contributed by atoms with Crippen molar-refractivity contribution in [2.24, 2.45) is 0 Å². The third-order valence-corrected chi connectivity index (χ3v) is 1.66. The molecule has 0 saturated heterocycles. The molecule has 13 heavy (non-hydrogen) atoms. The Morgan fingerprint density at radius 2 is 1.92 bits per heavy atom. The molecule has 0 aliphatic heterocycles. The van der Waals surface area contributed by atoms with Crippen LogP contribution in [0, 0.1) is 0 Å². The van der Waals surface area contributed by atoms with Crippen LogP contribution in [-0.4, -0.2) is 29.9 Å². The van der Waals surface area contributed by atoms with Crippen LogP contribution in [-0.2, 0) is 4.79 Å². The summed E-state index contributed by atoms with van der Waals surface area (Å²) < 4.78 is 0. The van der Waals surface area contributed by atoms with Gasteiger partial charge in [-0.1, -0.05) is 36.4 Å². The first-order valence-electron chi connectivity index (χ1n) is 3.66. The van der Waals surface area contributed by atoms with Crippen molar-refractivity contribution in [2.75, 3.05) is 0 Å². The Hall–Kier alpha value is -0.973. The van der Waals surface area contributed by atoms with Gasteiger partial charge in [0.05, 0.1) is 5.92 Å². The summed E-state index contributed by atoms with van der Waals surface area (Å²) in [7, 11) is 0. The zero-order chi connectivity index (χ0) is 8.97. The van der Waals surface area contributed by atoms with Gasteiger partial charge in [0, 0.05) is 0 Å². The second-order valence-electron chi connectivity index (χ2n) is 2.46. The number of hydrogen-bond donors (Lipinski definition) is 1. The average Bonchev–Trinajstić information content (AvgIpc) is 2.07. The Bertz CT molecular complexity index is 282. The number of carbonyl (C=O) groups is 1. The van der Waals surface area contributed by atoms with Crippen molar-refractivity contribution >= 4 is 24.8 Å². The fourth-order valence-corrected chi connectivity index (χ4v) is 1.04. The number of hydrogen-bond acceptors (Lipinski definition) is 1. The topological polar surface area (TPSA) is 37.3 Å². The van der Waals surface area contributed by atoms with Gasteiger partial charge in [0.15, 0.2) is 0 Å². The molecule has 0 saturated carbocycles. The van der Waals surface area contributed by atoms with E-state index in [-0.39, 0.29) is 18.9 Å². The minimum absolute atomic E-state index is 0.